The van der Waals surface area contributed by atoms with E-state index in [2.05, 4.69) is 15.1 Å². The van der Waals surface area contributed by atoms with E-state index in [-0.39, 0.29) is 18.5 Å². The minimum Gasteiger partial charge on any atom is -0.497 e. The summed E-state index contributed by atoms with van der Waals surface area (Å²) < 4.78 is 5.20. The molecule has 0 aromatic heterocycles. The number of aryl methyl sites for hydroxylation is 1. The number of hydrazone groups is 1. The number of hydrogen-bond donors (Lipinski definition) is 0. The molecule has 1 aliphatic rings. The third kappa shape index (κ3) is 3.68. The average Bonchev–Trinajstić information content (AvgIpc) is 3.12. The van der Waals surface area contributed by atoms with E-state index in [1.54, 1.807) is 7.11 Å². The van der Waals surface area contributed by atoms with Crippen LogP contribution < -0.4 is 4.74 Å². The lowest BCUT2D eigenvalue weighted by atomic mass is 9.98. The molecule has 1 aliphatic heterocycles. The molecule has 2 aromatic carbocycles. The van der Waals surface area contributed by atoms with Crippen molar-refractivity contribution in [1.29, 1.82) is 0 Å². The second kappa shape index (κ2) is 7.72. The first kappa shape index (κ1) is 17.5. The van der Waals surface area contributed by atoms with Crippen LogP contribution in [0.1, 0.15) is 29.2 Å². The van der Waals surface area contributed by atoms with E-state index in [1.165, 1.54) is 5.01 Å². The molecule has 0 radical (unpaired) electrons. The highest BCUT2D eigenvalue weighted by Crippen LogP contribution is 2.33. The zero-order valence-corrected chi connectivity index (χ0v) is 14.7. The Hall–Kier alpha value is -3.31. The van der Waals surface area contributed by atoms with Crippen LogP contribution in [0.5, 0.6) is 5.75 Å². The third-order valence-electron chi connectivity index (χ3n) is 4.32. The summed E-state index contributed by atoms with van der Waals surface area (Å²) in [6.07, 6.45) is 0.595. The maximum Gasteiger partial charge on any atom is 0.249 e. The Bertz CT molecular complexity index is 868. The van der Waals surface area contributed by atoms with Gasteiger partial charge in [-0.25, -0.2) is 5.01 Å². The van der Waals surface area contributed by atoms with E-state index >= 15 is 0 Å². The van der Waals surface area contributed by atoms with Gasteiger partial charge in [0.25, 0.3) is 0 Å². The minimum absolute atomic E-state index is 0.237. The van der Waals surface area contributed by atoms with Gasteiger partial charge in [0.05, 0.1) is 18.9 Å². The number of carbonyl (C=O) groups excluding carboxylic acids is 1. The lowest BCUT2D eigenvalue weighted by molar-refractivity contribution is -0.131. The highest BCUT2D eigenvalue weighted by atomic mass is 16.5. The molecule has 2 aromatic rings. The quantitative estimate of drug-likeness (QED) is 0.464. The van der Waals surface area contributed by atoms with Gasteiger partial charge in [-0.2, -0.15) is 5.10 Å². The summed E-state index contributed by atoms with van der Waals surface area (Å²) in [4.78, 5) is 15.1. The Morgan fingerprint density at radius 3 is 2.58 bits per heavy atom. The first-order valence-electron chi connectivity index (χ1n) is 8.23. The van der Waals surface area contributed by atoms with E-state index in [0.717, 1.165) is 28.2 Å². The van der Waals surface area contributed by atoms with E-state index in [9.17, 15) is 4.79 Å². The molecule has 0 N–H and O–H groups in total. The van der Waals surface area contributed by atoms with Crippen LogP contribution in [0.2, 0.25) is 0 Å². The third-order valence-corrected chi connectivity index (χ3v) is 4.32. The van der Waals surface area contributed by atoms with Gasteiger partial charge in [-0.3, -0.25) is 4.79 Å². The summed E-state index contributed by atoms with van der Waals surface area (Å²) in [7, 11) is 1.61. The van der Waals surface area contributed by atoms with Gasteiger partial charge < -0.3 is 4.74 Å². The lowest BCUT2D eigenvalue weighted by Gasteiger charge is -2.21. The molecular formula is C19H19N5O2. The van der Waals surface area contributed by atoms with Gasteiger partial charge in [0, 0.05) is 11.3 Å². The number of methoxy groups -OCH3 is 1. The van der Waals surface area contributed by atoms with E-state index in [0.29, 0.717) is 6.42 Å². The van der Waals surface area contributed by atoms with Gasteiger partial charge in [-0.1, -0.05) is 47.1 Å². The molecule has 0 fully saturated rings. The summed E-state index contributed by atoms with van der Waals surface area (Å²) in [6.45, 7) is 1.77. The standard InChI is InChI=1S/C19H19N5O2/c1-13-3-5-14(6-4-13)17-11-18(15-7-9-16(26-2)10-8-15)24(22-17)19(25)12-21-23-20/h3-10,18H,11-12H2,1-2H3/t18-/m1/s1. The lowest BCUT2D eigenvalue weighted by Crippen LogP contribution is -2.28. The van der Waals surface area contributed by atoms with Crippen molar-refractivity contribution in [1.82, 2.24) is 5.01 Å². The summed E-state index contributed by atoms with van der Waals surface area (Å²) in [6, 6.07) is 15.4. The van der Waals surface area contributed by atoms with Gasteiger partial charge in [-0.15, -0.1) is 0 Å². The number of amides is 1. The molecule has 0 unspecified atom stereocenters. The van der Waals surface area contributed by atoms with Crippen molar-refractivity contribution >= 4 is 11.6 Å². The molecule has 26 heavy (non-hydrogen) atoms. The zero-order chi connectivity index (χ0) is 18.5. The molecule has 1 heterocycles. The molecule has 7 nitrogen and oxygen atoms in total. The van der Waals surface area contributed by atoms with Crippen molar-refractivity contribution < 1.29 is 9.53 Å². The van der Waals surface area contributed by atoms with Crippen LogP contribution in [-0.4, -0.2) is 30.3 Å². The molecule has 7 heteroatoms. The largest absolute Gasteiger partial charge is 0.497 e. The van der Waals surface area contributed by atoms with E-state index in [4.69, 9.17) is 10.3 Å². The predicted molar refractivity (Wildman–Crippen MR) is 98.9 cm³/mol. The maximum absolute atomic E-state index is 12.5. The molecular weight excluding hydrogens is 330 g/mol. The van der Waals surface area contributed by atoms with Crippen molar-refractivity contribution in [3.63, 3.8) is 0 Å². The number of carbonyl (C=O) groups is 1. The van der Waals surface area contributed by atoms with Crippen LogP contribution in [0.25, 0.3) is 10.4 Å². The second-order valence-corrected chi connectivity index (χ2v) is 6.03. The normalized spacial score (nSPS) is 16.0. The van der Waals surface area contributed by atoms with Gasteiger partial charge in [0.2, 0.25) is 5.91 Å². The highest BCUT2D eigenvalue weighted by molar-refractivity contribution is 6.03. The van der Waals surface area contributed by atoms with Crippen LogP contribution in [-0.2, 0) is 4.79 Å². The van der Waals surface area contributed by atoms with Crippen LogP contribution >= 0.6 is 0 Å². The predicted octanol–water partition coefficient (Wildman–Crippen LogP) is 3.99. The summed E-state index contributed by atoms with van der Waals surface area (Å²) in [5.74, 6) is 0.420. The molecule has 0 spiro atoms. The van der Waals surface area contributed by atoms with Gasteiger partial charge in [0.1, 0.15) is 12.3 Å². The Balaban J connectivity index is 1.92. The topological polar surface area (TPSA) is 90.7 Å². The molecule has 132 valence electrons. The van der Waals surface area contributed by atoms with Gasteiger partial charge in [0.15, 0.2) is 0 Å². The SMILES string of the molecule is COc1ccc([C@H]2CC(c3ccc(C)cc3)=NN2C(=O)CN=[N+]=[N-])cc1. The van der Waals surface area contributed by atoms with Crippen molar-refractivity contribution in [2.75, 3.05) is 13.7 Å². The fourth-order valence-corrected chi connectivity index (χ4v) is 2.91. The van der Waals surface area contributed by atoms with Crippen molar-refractivity contribution in [3.05, 3.63) is 75.7 Å². The van der Waals surface area contributed by atoms with E-state index in [1.807, 2.05) is 55.5 Å². The van der Waals surface area contributed by atoms with Crippen LogP contribution in [0.15, 0.2) is 58.7 Å². The van der Waals surface area contributed by atoms with Crippen molar-refractivity contribution in [2.45, 2.75) is 19.4 Å². The smallest absolute Gasteiger partial charge is 0.249 e. The fourth-order valence-electron chi connectivity index (χ4n) is 2.91. The molecule has 1 amide bonds. The molecule has 0 saturated carbocycles. The Labute approximate surface area is 151 Å². The highest BCUT2D eigenvalue weighted by Gasteiger charge is 2.32. The van der Waals surface area contributed by atoms with E-state index < -0.39 is 0 Å². The second-order valence-electron chi connectivity index (χ2n) is 6.03. The first-order valence-corrected chi connectivity index (χ1v) is 8.23. The Morgan fingerprint density at radius 2 is 1.96 bits per heavy atom. The summed E-state index contributed by atoms with van der Waals surface area (Å²) >= 11 is 0. The zero-order valence-electron chi connectivity index (χ0n) is 14.7. The maximum atomic E-state index is 12.5. The minimum atomic E-state index is -0.328. The molecule has 3 rings (SSSR count). The van der Waals surface area contributed by atoms with Crippen LogP contribution in [0.4, 0.5) is 0 Å². The van der Waals surface area contributed by atoms with Crippen LogP contribution in [0.3, 0.4) is 0 Å². The first-order chi connectivity index (χ1) is 12.6. The van der Waals surface area contributed by atoms with Crippen LogP contribution in [0, 0.1) is 6.92 Å². The van der Waals surface area contributed by atoms with Gasteiger partial charge in [-0.05, 0) is 35.7 Å². The monoisotopic (exact) mass is 349 g/mol. The number of azide groups is 1. The fraction of sp³-hybridized carbons (Fsp3) is 0.263. The molecule has 0 saturated heterocycles. The average molecular weight is 349 g/mol. The Morgan fingerprint density at radius 1 is 1.27 bits per heavy atom. The van der Waals surface area contributed by atoms with Crippen molar-refractivity contribution in [2.24, 2.45) is 10.2 Å². The number of nitrogens with zero attached hydrogens (tertiary/aromatic N) is 5. The molecule has 1 atom stereocenters. The number of benzene rings is 2. The number of rotatable bonds is 5. The van der Waals surface area contributed by atoms with Crippen molar-refractivity contribution in [3.8, 4) is 5.75 Å². The number of hydrogen-bond acceptors (Lipinski definition) is 4. The number of ether oxygens (including phenoxy) is 1. The van der Waals surface area contributed by atoms with Gasteiger partial charge >= 0.3 is 0 Å². The summed E-state index contributed by atoms with van der Waals surface area (Å²) in [5.41, 5.74) is 12.4. The molecule has 0 bridgehead atoms. The molecule has 0 aliphatic carbocycles. The summed E-state index contributed by atoms with van der Waals surface area (Å²) in [5, 5.41) is 9.33. The Kier molecular flexibility index (Phi) is 5.20.